The van der Waals surface area contributed by atoms with Crippen molar-refractivity contribution in [2.24, 2.45) is 0 Å². The second kappa shape index (κ2) is 7.87. The van der Waals surface area contributed by atoms with Crippen LogP contribution in [0.25, 0.3) is 10.2 Å². The van der Waals surface area contributed by atoms with Crippen molar-refractivity contribution in [3.8, 4) is 0 Å². The predicted octanol–water partition coefficient (Wildman–Crippen LogP) is 4.22. The molecule has 3 aromatic rings. The van der Waals surface area contributed by atoms with Crippen LogP contribution in [-0.4, -0.2) is 33.4 Å². The number of aryl methyl sites for hydroxylation is 1. The second-order valence-corrected chi connectivity index (χ2v) is 8.61. The van der Waals surface area contributed by atoms with E-state index in [0.29, 0.717) is 27.7 Å². The molecule has 2 aromatic heterocycles. The van der Waals surface area contributed by atoms with E-state index in [4.69, 9.17) is 0 Å². The second-order valence-electron chi connectivity index (χ2n) is 7.61. The summed E-state index contributed by atoms with van der Waals surface area (Å²) in [5, 5.41) is 0.573. The lowest BCUT2D eigenvalue weighted by Crippen LogP contribution is -2.38. The third-order valence-corrected chi connectivity index (χ3v) is 6.94. The molecule has 0 unspecified atom stereocenters. The lowest BCUT2D eigenvalue weighted by molar-refractivity contribution is 0.0700. The molecule has 0 radical (unpaired) electrons. The van der Waals surface area contributed by atoms with Gasteiger partial charge in [-0.05, 0) is 30.9 Å². The van der Waals surface area contributed by atoms with Crippen molar-refractivity contribution in [1.29, 1.82) is 0 Å². The number of carbonyl (C=O) groups is 1. The van der Waals surface area contributed by atoms with Gasteiger partial charge in [0.1, 0.15) is 4.83 Å². The monoisotopic (exact) mass is 395 g/mol. The van der Waals surface area contributed by atoms with Crippen LogP contribution in [-0.2, 0) is 6.54 Å². The van der Waals surface area contributed by atoms with E-state index in [0.717, 1.165) is 24.0 Å². The number of rotatable bonds is 4. The zero-order valence-electron chi connectivity index (χ0n) is 16.4. The fraction of sp³-hybridized carbons (Fsp3) is 0.409. The molecule has 146 valence electrons. The third-order valence-electron chi connectivity index (χ3n) is 5.75. The van der Waals surface area contributed by atoms with Crippen molar-refractivity contribution in [3.05, 3.63) is 63.0 Å². The highest BCUT2D eigenvalue weighted by Gasteiger charge is 2.27. The first kappa shape index (κ1) is 18.9. The van der Waals surface area contributed by atoms with Gasteiger partial charge in [-0.15, -0.1) is 11.3 Å². The minimum atomic E-state index is -0.0815. The van der Waals surface area contributed by atoms with Gasteiger partial charge in [0.25, 0.3) is 11.5 Å². The minimum Gasteiger partial charge on any atom is -0.338 e. The molecule has 5 nitrogen and oxygen atoms in total. The van der Waals surface area contributed by atoms with Crippen molar-refractivity contribution in [1.82, 2.24) is 14.5 Å². The molecule has 4 rings (SSSR count). The Bertz CT molecular complexity index is 1050. The molecule has 1 amide bonds. The van der Waals surface area contributed by atoms with Crippen LogP contribution in [0.3, 0.4) is 0 Å². The number of amides is 1. The van der Waals surface area contributed by atoms with E-state index in [2.05, 4.69) is 4.98 Å². The molecule has 1 fully saturated rings. The van der Waals surface area contributed by atoms with Crippen LogP contribution in [0.2, 0.25) is 0 Å². The molecule has 1 aliphatic carbocycles. The fourth-order valence-corrected chi connectivity index (χ4v) is 5.17. The molecule has 1 aromatic carbocycles. The summed E-state index contributed by atoms with van der Waals surface area (Å²) in [5.41, 5.74) is 1.72. The maximum Gasteiger partial charge on any atom is 0.264 e. The van der Waals surface area contributed by atoms with Crippen LogP contribution in [0, 0.1) is 6.92 Å². The van der Waals surface area contributed by atoms with Gasteiger partial charge in [0.15, 0.2) is 0 Å². The zero-order chi connectivity index (χ0) is 19.7. The molecule has 1 saturated carbocycles. The molecule has 0 aliphatic heterocycles. The van der Waals surface area contributed by atoms with Crippen LogP contribution in [0.1, 0.15) is 52.9 Å². The standard InChI is InChI=1S/C22H25N3O2S/c1-15-18-20(23-14-25(21(18)26)13-16-9-5-3-6-10-16)28-19(15)22(27)24(2)17-11-7-4-8-12-17/h3,5-6,9-10,14,17H,4,7-8,11-13H2,1-2H3. The molecule has 1 aliphatic rings. The number of aromatic nitrogens is 2. The first-order valence-corrected chi connectivity index (χ1v) is 10.7. The lowest BCUT2D eigenvalue weighted by atomic mass is 9.94. The lowest BCUT2D eigenvalue weighted by Gasteiger charge is -2.31. The van der Waals surface area contributed by atoms with Crippen molar-refractivity contribution < 1.29 is 4.79 Å². The molecule has 2 heterocycles. The van der Waals surface area contributed by atoms with Crippen molar-refractivity contribution >= 4 is 27.5 Å². The van der Waals surface area contributed by atoms with Crippen molar-refractivity contribution in [2.75, 3.05) is 7.05 Å². The maximum absolute atomic E-state index is 13.1. The molecular formula is C22H25N3O2S. The Morgan fingerprint density at radius 3 is 2.64 bits per heavy atom. The van der Waals surface area contributed by atoms with Gasteiger partial charge >= 0.3 is 0 Å². The Morgan fingerprint density at radius 1 is 1.21 bits per heavy atom. The number of hydrogen-bond acceptors (Lipinski definition) is 4. The van der Waals surface area contributed by atoms with Gasteiger partial charge in [0.05, 0.1) is 23.1 Å². The summed E-state index contributed by atoms with van der Waals surface area (Å²) < 4.78 is 1.62. The first-order valence-electron chi connectivity index (χ1n) is 9.86. The number of carbonyl (C=O) groups excluding carboxylic acids is 1. The summed E-state index contributed by atoms with van der Waals surface area (Å²) in [6, 6.07) is 10.2. The third kappa shape index (κ3) is 3.49. The normalized spacial score (nSPS) is 15.1. The van der Waals surface area contributed by atoms with E-state index in [9.17, 15) is 9.59 Å². The van der Waals surface area contributed by atoms with Crippen LogP contribution in [0.4, 0.5) is 0 Å². The highest BCUT2D eigenvalue weighted by Crippen LogP contribution is 2.30. The van der Waals surface area contributed by atoms with E-state index < -0.39 is 0 Å². The number of hydrogen-bond donors (Lipinski definition) is 0. The maximum atomic E-state index is 13.1. The number of nitrogens with zero attached hydrogens (tertiary/aromatic N) is 3. The quantitative estimate of drug-likeness (QED) is 0.665. The van der Waals surface area contributed by atoms with Gasteiger partial charge < -0.3 is 4.90 Å². The Morgan fingerprint density at radius 2 is 1.93 bits per heavy atom. The molecule has 0 atom stereocenters. The Hall–Kier alpha value is -2.47. The van der Waals surface area contributed by atoms with E-state index in [1.165, 1.54) is 30.6 Å². The first-order chi connectivity index (χ1) is 13.6. The summed E-state index contributed by atoms with van der Waals surface area (Å²) in [6.07, 6.45) is 7.33. The minimum absolute atomic E-state index is 0.0152. The molecule has 0 spiro atoms. The summed E-state index contributed by atoms with van der Waals surface area (Å²) in [4.78, 5) is 33.8. The van der Waals surface area contributed by atoms with E-state index in [1.807, 2.05) is 49.2 Å². The molecule has 0 saturated heterocycles. The Kier molecular flexibility index (Phi) is 5.31. The van der Waals surface area contributed by atoms with Crippen molar-refractivity contribution in [3.63, 3.8) is 0 Å². The van der Waals surface area contributed by atoms with Crippen LogP contribution < -0.4 is 5.56 Å². The molecule has 0 bridgehead atoms. The fourth-order valence-electron chi connectivity index (χ4n) is 4.05. The van der Waals surface area contributed by atoms with E-state index in [1.54, 1.807) is 10.9 Å². The van der Waals surface area contributed by atoms with Gasteiger partial charge in [0.2, 0.25) is 0 Å². The van der Waals surface area contributed by atoms with Gasteiger partial charge in [0, 0.05) is 13.1 Å². The molecule has 6 heteroatoms. The highest BCUT2D eigenvalue weighted by molar-refractivity contribution is 7.20. The highest BCUT2D eigenvalue weighted by atomic mass is 32.1. The van der Waals surface area contributed by atoms with Gasteiger partial charge in [-0.25, -0.2) is 4.98 Å². The largest absolute Gasteiger partial charge is 0.338 e. The van der Waals surface area contributed by atoms with Crippen molar-refractivity contribution in [2.45, 2.75) is 51.6 Å². The summed E-state index contributed by atoms with van der Waals surface area (Å²) >= 11 is 1.34. The number of fused-ring (bicyclic) bond motifs is 1. The van der Waals surface area contributed by atoms with Crippen LogP contribution >= 0.6 is 11.3 Å². The van der Waals surface area contributed by atoms with Crippen LogP contribution in [0.5, 0.6) is 0 Å². The number of thiophene rings is 1. The van der Waals surface area contributed by atoms with E-state index in [-0.39, 0.29) is 11.5 Å². The average molecular weight is 396 g/mol. The zero-order valence-corrected chi connectivity index (χ0v) is 17.2. The Balaban J connectivity index is 1.67. The van der Waals surface area contributed by atoms with Crippen LogP contribution in [0.15, 0.2) is 41.5 Å². The van der Waals surface area contributed by atoms with Gasteiger partial charge in [-0.2, -0.15) is 0 Å². The summed E-state index contributed by atoms with van der Waals surface area (Å²) in [6.45, 7) is 2.35. The SMILES string of the molecule is Cc1c(C(=O)N(C)C2CCCCC2)sc2ncn(Cc3ccccc3)c(=O)c12. The molecule has 0 N–H and O–H groups in total. The van der Waals surface area contributed by atoms with Gasteiger partial charge in [-0.1, -0.05) is 49.6 Å². The number of benzene rings is 1. The Labute approximate surface area is 168 Å². The predicted molar refractivity (Wildman–Crippen MR) is 113 cm³/mol. The molecule has 28 heavy (non-hydrogen) atoms. The summed E-state index contributed by atoms with van der Waals surface area (Å²) in [5.74, 6) is 0.0152. The smallest absolute Gasteiger partial charge is 0.264 e. The molecular weight excluding hydrogens is 370 g/mol. The van der Waals surface area contributed by atoms with Gasteiger partial charge in [-0.3, -0.25) is 14.2 Å². The average Bonchev–Trinajstić information content (AvgIpc) is 3.07. The topological polar surface area (TPSA) is 55.2 Å². The summed E-state index contributed by atoms with van der Waals surface area (Å²) in [7, 11) is 1.89. The van der Waals surface area contributed by atoms with E-state index >= 15 is 0 Å².